The van der Waals surface area contributed by atoms with E-state index in [0.717, 1.165) is 34.5 Å². The van der Waals surface area contributed by atoms with Gasteiger partial charge in [0.15, 0.2) is 5.75 Å². The monoisotopic (exact) mass is 557 g/mol. The zero-order chi connectivity index (χ0) is 28.1. The molecule has 1 aliphatic rings. The fourth-order valence-electron chi connectivity index (χ4n) is 5.20. The standard InChI is InChI=1S/C31H35N5O3S/c1-4-9-28(36-19-26(18-33-36)39-25-10-6-5-7-11-25)31(38)35-17-8-12-27(35)30(37)34-21(2)23-13-15-24(16-14-23)29-22(3)32-20-40-29/h5-7,10-11,13-16,18-21,27-28H,4,8-9,12,17H2,1-3H3,(H,34,37)/t21-,27-,28-/m0/s1. The Balaban J connectivity index is 1.25. The Kier molecular flexibility index (Phi) is 8.60. The van der Waals surface area contributed by atoms with Gasteiger partial charge in [0.05, 0.1) is 34.5 Å². The molecule has 3 atom stereocenters. The number of aromatic nitrogens is 3. The van der Waals surface area contributed by atoms with Gasteiger partial charge in [-0.15, -0.1) is 11.3 Å². The number of carbonyl (C=O) groups is 2. The van der Waals surface area contributed by atoms with Crippen LogP contribution in [0.15, 0.2) is 72.5 Å². The van der Waals surface area contributed by atoms with Crippen molar-refractivity contribution in [1.29, 1.82) is 0 Å². The highest BCUT2D eigenvalue weighted by Crippen LogP contribution is 2.30. The maximum absolute atomic E-state index is 13.8. The number of carbonyl (C=O) groups excluding carboxylic acids is 2. The normalized spacial score (nSPS) is 16.5. The Labute approximate surface area is 239 Å². The van der Waals surface area contributed by atoms with Crippen LogP contribution in [0, 0.1) is 6.92 Å². The molecule has 1 N–H and O–H groups in total. The Bertz CT molecular complexity index is 1430. The SMILES string of the molecule is CCC[C@@H](C(=O)N1CCC[C@H]1C(=O)N[C@@H](C)c1ccc(-c2scnc2C)cc1)n1cc(Oc2ccccc2)cn1. The number of rotatable bonds is 10. The number of thiazole rings is 1. The van der Waals surface area contributed by atoms with Gasteiger partial charge in [-0.1, -0.05) is 55.8 Å². The Morgan fingerprint density at radius 3 is 2.60 bits per heavy atom. The van der Waals surface area contributed by atoms with Crippen molar-refractivity contribution in [3.63, 3.8) is 0 Å². The number of benzene rings is 2. The van der Waals surface area contributed by atoms with Gasteiger partial charge < -0.3 is 15.0 Å². The van der Waals surface area contributed by atoms with E-state index in [9.17, 15) is 9.59 Å². The Morgan fingerprint density at radius 2 is 1.90 bits per heavy atom. The van der Waals surface area contributed by atoms with Crippen LogP contribution in [0.2, 0.25) is 0 Å². The number of nitrogens with zero attached hydrogens (tertiary/aromatic N) is 4. The second-order valence-electron chi connectivity index (χ2n) is 10.2. The first-order valence-corrected chi connectivity index (χ1v) is 14.7. The molecular weight excluding hydrogens is 522 g/mol. The van der Waals surface area contributed by atoms with Gasteiger partial charge in [0, 0.05) is 6.54 Å². The summed E-state index contributed by atoms with van der Waals surface area (Å²) in [6.45, 7) is 6.58. The minimum absolute atomic E-state index is 0.0780. The van der Waals surface area contributed by atoms with Crippen molar-refractivity contribution in [2.24, 2.45) is 0 Å². The first-order chi connectivity index (χ1) is 19.4. The second-order valence-corrected chi connectivity index (χ2v) is 11.0. The summed E-state index contributed by atoms with van der Waals surface area (Å²) in [4.78, 5) is 34.4. The van der Waals surface area contributed by atoms with Crippen molar-refractivity contribution in [3.8, 4) is 21.9 Å². The molecule has 0 unspecified atom stereocenters. The van der Waals surface area contributed by atoms with E-state index < -0.39 is 12.1 Å². The van der Waals surface area contributed by atoms with Crippen LogP contribution in [0.3, 0.4) is 0 Å². The molecule has 2 amide bonds. The minimum Gasteiger partial charge on any atom is -0.454 e. The van der Waals surface area contributed by atoms with E-state index in [4.69, 9.17) is 4.74 Å². The lowest BCUT2D eigenvalue weighted by atomic mass is 10.0. The summed E-state index contributed by atoms with van der Waals surface area (Å²) in [6.07, 6.45) is 6.26. The number of hydrogen-bond donors (Lipinski definition) is 1. The van der Waals surface area contributed by atoms with Gasteiger partial charge in [-0.2, -0.15) is 5.10 Å². The summed E-state index contributed by atoms with van der Waals surface area (Å²) in [5, 5.41) is 7.60. The maximum Gasteiger partial charge on any atom is 0.248 e. The lowest BCUT2D eigenvalue weighted by Crippen LogP contribution is -2.48. The molecule has 0 spiro atoms. The first-order valence-electron chi connectivity index (χ1n) is 13.8. The zero-order valence-corrected chi connectivity index (χ0v) is 23.9. The topological polar surface area (TPSA) is 89.4 Å². The molecule has 0 saturated carbocycles. The van der Waals surface area contributed by atoms with Crippen LogP contribution in [-0.4, -0.2) is 44.1 Å². The van der Waals surface area contributed by atoms with E-state index in [0.29, 0.717) is 30.9 Å². The molecule has 4 aromatic rings. The lowest BCUT2D eigenvalue weighted by molar-refractivity contribution is -0.141. The molecule has 9 heteroatoms. The van der Waals surface area contributed by atoms with E-state index in [1.165, 1.54) is 0 Å². The second kappa shape index (κ2) is 12.5. The first kappa shape index (κ1) is 27.6. The number of likely N-dealkylation sites (tertiary alicyclic amines) is 1. The van der Waals surface area contributed by atoms with Crippen LogP contribution in [0.25, 0.3) is 10.4 Å². The summed E-state index contributed by atoms with van der Waals surface area (Å²) in [5.74, 6) is 1.08. The number of ether oxygens (including phenoxy) is 1. The van der Waals surface area contributed by atoms with Crippen molar-refractivity contribution >= 4 is 23.2 Å². The number of aryl methyl sites for hydroxylation is 1. The van der Waals surface area contributed by atoms with Gasteiger partial charge >= 0.3 is 0 Å². The van der Waals surface area contributed by atoms with E-state index in [1.54, 1.807) is 33.3 Å². The molecule has 1 fully saturated rings. The molecule has 8 nitrogen and oxygen atoms in total. The fraction of sp³-hybridized carbons (Fsp3) is 0.355. The molecule has 2 aromatic heterocycles. The summed E-state index contributed by atoms with van der Waals surface area (Å²) in [6, 6.07) is 16.5. The van der Waals surface area contributed by atoms with E-state index in [2.05, 4.69) is 27.5 Å². The fourth-order valence-corrected chi connectivity index (χ4v) is 6.01. The zero-order valence-electron chi connectivity index (χ0n) is 23.1. The van der Waals surface area contributed by atoms with Crippen LogP contribution in [-0.2, 0) is 9.59 Å². The van der Waals surface area contributed by atoms with Gasteiger partial charge in [0.1, 0.15) is 17.8 Å². The smallest absolute Gasteiger partial charge is 0.248 e. The lowest BCUT2D eigenvalue weighted by Gasteiger charge is -2.29. The third-order valence-corrected chi connectivity index (χ3v) is 8.32. The Hall–Kier alpha value is -3.98. The molecule has 0 aliphatic carbocycles. The number of amides is 2. The van der Waals surface area contributed by atoms with Gasteiger partial charge in [-0.3, -0.25) is 14.3 Å². The van der Waals surface area contributed by atoms with Crippen LogP contribution in [0.4, 0.5) is 0 Å². The van der Waals surface area contributed by atoms with Crippen molar-refractivity contribution in [2.75, 3.05) is 6.54 Å². The molecule has 2 aromatic carbocycles. The van der Waals surface area contributed by atoms with Crippen molar-refractivity contribution in [2.45, 2.75) is 64.6 Å². The largest absolute Gasteiger partial charge is 0.454 e. The molecule has 40 heavy (non-hydrogen) atoms. The van der Waals surface area contributed by atoms with Gasteiger partial charge in [-0.05, 0) is 56.4 Å². The molecule has 0 bridgehead atoms. The third kappa shape index (κ3) is 6.09. The molecular formula is C31H35N5O3S. The summed E-state index contributed by atoms with van der Waals surface area (Å²) in [5.41, 5.74) is 5.00. The van der Waals surface area contributed by atoms with E-state index in [1.807, 2.05) is 68.7 Å². The molecule has 3 heterocycles. The quantitative estimate of drug-likeness (QED) is 0.247. The highest BCUT2D eigenvalue weighted by Gasteiger charge is 2.38. The molecule has 5 rings (SSSR count). The van der Waals surface area contributed by atoms with E-state index in [-0.39, 0.29) is 17.9 Å². The molecule has 0 radical (unpaired) electrons. The van der Waals surface area contributed by atoms with Crippen molar-refractivity contribution in [1.82, 2.24) is 25.0 Å². The highest BCUT2D eigenvalue weighted by molar-refractivity contribution is 7.13. The third-order valence-electron chi connectivity index (χ3n) is 7.34. The van der Waals surface area contributed by atoms with Gasteiger partial charge in [-0.25, -0.2) is 4.98 Å². The van der Waals surface area contributed by atoms with Crippen molar-refractivity contribution < 1.29 is 14.3 Å². The van der Waals surface area contributed by atoms with Gasteiger partial charge in [0.25, 0.3) is 0 Å². The average Bonchev–Trinajstić information content (AvgIpc) is 3.73. The summed E-state index contributed by atoms with van der Waals surface area (Å²) in [7, 11) is 0. The molecule has 1 aliphatic heterocycles. The van der Waals surface area contributed by atoms with E-state index >= 15 is 0 Å². The number of nitrogens with one attached hydrogen (secondary N) is 1. The summed E-state index contributed by atoms with van der Waals surface area (Å²) >= 11 is 1.62. The molecule has 1 saturated heterocycles. The van der Waals surface area contributed by atoms with Crippen molar-refractivity contribution in [3.05, 3.63) is 83.8 Å². The molecule has 208 valence electrons. The number of hydrogen-bond acceptors (Lipinski definition) is 6. The summed E-state index contributed by atoms with van der Waals surface area (Å²) < 4.78 is 7.57. The van der Waals surface area contributed by atoms with Crippen LogP contribution in [0.5, 0.6) is 11.5 Å². The minimum atomic E-state index is -0.496. The van der Waals surface area contributed by atoms with Crippen LogP contribution < -0.4 is 10.1 Å². The predicted molar refractivity (Wildman–Crippen MR) is 156 cm³/mol. The predicted octanol–water partition coefficient (Wildman–Crippen LogP) is 6.32. The maximum atomic E-state index is 13.8. The average molecular weight is 558 g/mol. The van der Waals surface area contributed by atoms with Gasteiger partial charge in [0.2, 0.25) is 11.8 Å². The Morgan fingerprint density at radius 1 is 1.12 bits per heavy atom. The highest BCUT2D eigenvalue weighted by atomic mass is 32.1. The van der Waals surface area contributed by atoms with Crippen LogP contribution >= 0.6 is 11.3 Å². The number of para-hydroxylation sites is 1. The van der Waals surface area contributed by atoms with Crippen LogP contribution in [0.1, 0.15) is 62.9 Å².